The van der Waals surface area contributed by atoms with E-state index in [0.29, 0.717) is 17.5 Å². The Morgan fingerprint density at radius 1 is 1.60 bits per heavy atom. The molecule has 1 aliphatic rings. The van der Waals surface area contributed by atoms with Gasteiger partial charge in [-0.2, -0.15) is 5.10 Å². The fourth-order valence-electron chi connectivity index (χ4n) is 1.38. The number of nitrogens with one attached hydrogen (secondary N) is 2. The summed E-state index contributed by atoms with van der Waals surface area (Å²) in [4.78, 5) is 11.5. The van der Waals surface area contributed by atoms with E-state index in [9.17, 15) is 4.79 Å². The van der Waals surface area contributed by atoms with Crippen molar-refractivity contribution in [2.75, 3.05) is 11.1 Å². The second-order valence-corrected chi connectivity index (χ2v) is 3.84. The van der Waals surface area contributed by atoms with E-state index in [-0.39, 0.29) is 6.03 Å². The minimum atomic E-state index is -0.216. The number of nitrogens with zero attached hydrogens (tertiary/aromatic N) is 2. The lowest BCUT2D eigenvalue weighted by molar-refractivity contribution is 0.251. The number of hydrogen-bond acceptors (Lipinski definition) is 3. The van der Waals surface area contributed by atoms with E-state index < -0.39 is 0 Å². The third kappa shape index (κ3) is 2.03. The number of aryl methyl sites for hydroxylation is 2. The van der Waals surface area contributed by atoms with E-state index in [2.05, 4.69) is 15.7 Å². The van der Waals surface area contributed by atoms with Crippen LogP contribution in [0.15, 0.2) is 0 Å². The van der Waals surface area contributed by atoms with E-state index in [1.807, 2.05) is 0 Å². The fourth-order valence-corrected chi connectivity index (χ4v) is 1.38. The smallest absolute Gasteiger partial charge is 0.320 e. The Labute approximate surface area is 87.8 Å². The Balaban J connectivity index is 2.05. The van der Waals surface area contributed by atoms with Crippen molar-refractivity contribution in [3.63, 3.8) is 0 Å². The van der Waals surface area contributed by atoms with E-state index in [0.717, 1.165) is 18.5 Å². The van der Waals surface area contributed by atoms with Gasteiger partial charge in [0, 0.05) is 13.1 Å². The summed E-state index contributed by atoms with van der Waals surface area (Å²) in [6.07, 6.45) is 2.13. The number of aromatic nitrogens is 2. The van der Waals surface area contributed by atoms with Gasteiger partial charge in [-0.1, -0.05) is 0 Å². The highest BCUT2D eigenvalue weighted by atomic mass is 16.2. The second kappa shape index (κ2) is 3.45. The highest BCUT2D eigenvalue weighted by molar-refractivity contribution is 5.92. The van der Waals surface area contributed by atoms with Crippen LogP contribution in [0.2, 0.25) is 0 Å². The summed E-state index contributed by atoms with van der Waals surface area (Å²) in [5.74, 6) is 0.547. The van der Waals surface area contributed by atoms with Gasteiger partial charge in [0.2, 0.25) is 0 Å². The first kappa shape index (κ1) is 9.82. The van der Waals surface area contributed by atoms with Crippen LogP contribution in [0.5, 0.6) is 0 Å². The third-order valence-electron chi connectivity index (χ3n) is 2.41. The monoisotopic (exact) mass is 209 g/mol. The van der Waals surface area contributed by atoms with Crippen LogP contribution >= 0.6 is 0 Å². The molecule has 1 aromatic rings. The quantitative estimate of drug-likeness (QED) is 0.666. The molecule has 82 valence electrons. The van der Waals surface area contributed by atoms with Crippen LogP contribution in [0.1, 0.15) is 18.5 Å². The number of urea groups is 1. The van der Waals surface area contributed by atoms with Gasteiger partial charge in [-0.3, -0.25) is 10.00 Å². The van der Waals surface area contributed by atoms with E-state index >= 15 is 0 Å². The average molecular weight is 209 g/mol. The lowest BCUT2D eigenvalue weighted by Gasteiger charge is -2.07. The maximum Gasteiger partial charge on any atom is 0.320 e. The molecule has 0 aromatic carbocycles. The maximum atomic E-state index is 11.5. The summed E-state index contributed by atoms with van der Waals surface area (Å²) in [6, 6.07) is 0.118. The molecule has 1 heterocycles. The summed E-state index contributed by atoms with van der Waals surface area (Å²) in [7, 11) is 1.75. The molecule has 0 bridgehead atoms. The highest BCUT2D eigenvalue weighted by Gasteiger charge is 2.24. The molecule has 6 heteroatoms. The van der Waals surface area contributed by atoms with Crippen molar-refractivity contribution < 1.29 is 4.79 Å². The normalized spacial score (nSPS) is 15.1. The number of nitrogens with two attached hydrogens (primary N) is 1. The van der Waals surface area contributed by atoms with Gasteiger partial charge in [-0.05, 0) is 19.8 Å². The molecule has 0 radical (unpaired) electrons. The van der Waals surface area contributed by atoms with Crippen LogP contribution in [0.3, 0.4) is 0 Å². The molecule has 2 rings (SSSR count). The molecule has 6 nitrogen and oxygen atoms in total. The molecule has 1 aromatic heterocycles. The summed E-state index contributed by atoms with van der Waals surface area (Å²) in [5, 5.41) is 9.62. The summed E-state index contributed by atoms with van der Waals surface area (Å²) >= 11 is 0. The van der Waals surface area contributed by atoms with Crippen LogP contribution in [-0.2, 0) is 7.05 Å². The van der Waals surface area contributed by atoms with Crippen molar-refractivity contribution in [3.05, 3.63) is 5.69 Å². The molecule has 1 aliphatic carbocycles. The first-order chi connectivity index (χ1) is 7.08. The van der Waals surface area contributed by atoms with Crippen LogP contribution < -0.4 is 16.4 Å². The van der Waals surface area contributed by atoms with E-state index in [1.165, 1.54) is 0 Å². The molecule has 1 fully saturated rings. The molecule has 4 N–H and O–H groups in total. The molecule has 0 aliphatic heterocycles. The van der Waals surface area contributed by atoms with Crippen molar-refractivity contribution in [1.29, 1.82) is 0 Å². The number of hydrogen-bond donors (Lipinski definition) is 3. The zero-order chi connectivity index (χ0) is 11.0. The van der Waals surface area contributed by atoms with Crippen molar-refractivity contribution in [2.45, 2.75) is 25.8 Å². The second-order valence-electron chi connectivity index (χ2n) is 3.84. The Bertz CT molecular complexity index is 393. The Hall–Kier alpha value is -1.72. The zero-order valence-corrected chi connectivity index (χ0v) is 8.87. The molecular weight excluding hydrogens is 194 g/mol. The topological polar surface area (TPSA) is 85.0 Å². The summed E-state index contributed by atoms with van der Waals surface area (Å²) in [5.41, 5.74) is 7.01. The van der Waals surface area contributed by atoms with Gasteiger partial charge in [0.1, 0.15) is 0 Å². The number of amides is 2. The van der Waals surface area contributed by atoms with E-state index in [1.54, 1.807) is 18.7 Å². The first-order valence-electron chi connectivity index (χ1n) is 4.94. The third-order valence-corrected chi connectivity index (χ3v) is 2.41. The van der Waals surface area contributed by atoms with Crippen molar-refractivity contribution in [2.24, 2.45) is 7.05 Å². The fraction of sp³-hybridized carbons (Fsp3) is 0.556. The predicted molar refractivity (Wildman–Crippen MR) is 57.5 cm³/mol. The predicted octanol–water partition coefficient (Wildman–Crippen LogP) is 0.595. The summed E-state index contributed by atoms with van der Waals surface area (Å²) in [6.45, 7) is 1.80. The first-order valence-corrected chi connectivity index (χ1v) is 4.94. The van der Waals surface area contributed by atoms with Crippen LogP contribution in [0.4, 0.5) is 16.3 Å². The minimum Gasteiger partial charge on any atom is -0.394 e. The van der Waals surface area contributed by atoms with Gasteiger partial charge in [-0.25, -0.2) is 4.79 Å². The molecule has 0 saturated heterocycles. The summed E-state index contributed by atoms with van der Waals surface area (Å²) < 4.78 is 1.57. The largest absolute Gasteiger partial charge is 0.394 e. The zero-order valence-electron chi connectivity index (χ0n) is 8.87. The molecule has 0 unspecified atom stereocenters. The lowest BCUT2D eigenvalue weighted by Crippen LogP contribution is -2.31. The van der Waals surface area contributed by atoms with Gasteiger partial charge in [-0.15, -0.1) is 0 Å². The average Bonchev–Trinajstić information content (AvgIpc) is 2.92. The van der Waals surface area contributed by atoms with Gasteiger partial charge < -0.3 is 11.1 Å². The number of carbonyl (C=O) groups excluding carboxylic acids is 1. The Morgan fingerprint density at radius 2 is 2.27 bits per heavy atom. The van der Waals surface area contributed by atoms with Gasteiger partial charge >= 0.3 is 6.03 Å². The Morgan fingerprint density at radius 3 is 2.73 bits per heavy atom. The van der Waals surface area contributed by atoms with E-state index in [4.69, 9.17) is 5.73 Å². The molecular formula is C9H15N5O. The number of anilines is 2. The van der Waals surface area contributed by atoms with Gasteiger partial charge in [0.05, 0.1) is 11.4 Å². The van der Waals surface area contributed by atoms with Crippen molar-refractivity contribution >= 4 is 17.5 Å². The van der Waals surface area contributed by atoms with Crippen LogP contribution in [0, 0.1) is 6.92 Å². The molecule has 0 atom stereocenters. The van der Waals surface area contributed by atoms with Crippen molar-refractivity contribution in [1.82, 2.24) is 15.1 Å². The molecule has 15 heavy (non-hydrogen) atoms. The van der Waals surface area contributed by atoms with Gasteiger partial charge in [0.15, 0.2) is 5.82 Å². The standard InChI is InChI=1S/C9H15N5O/c1-5-7(10)8(14(2)13-5)12-9(15)11-6-3-4-6/h6H,3-4,10H2,1-2H3,(H2,11,12,15). The minimum absolute atomic E-state index is 0.216. The molecule has 0 spiro atoms. The number of carbonyl (C=O) groups is 1. The van der Waals surface area contributed by atoms with Crippen molar-refractivity contribution in [3.8, 4) is 0 Å². The Kier molecular flexibility index (Phi) is 2.26. The number of rotatable bonds is 2. The SMILES string of the molecule is Cc1nn(C)c(NC(=O)NC2CC2)c1N. The van der Waals surface area contributed by atoms with Crippen LogP contribution in [-0.4, -0.2) is 21.9 Å². The highest BCUT2D eigenvalue weighted by Crippen LogP contribution is 2.22. The van der Waals surface area contributed by atoms with Gasteiger partial charge in [0.25, 0.3) is 0 Å². The molecule has 2 amide bonds. The van der Waals surface area contributed by atoms with Crippen LogP contribution in [0.25, 0.3) is 0 Å². The molecule has 1 saturated carbocycles. The number of nitrogen functional groups attached to an aromatic ring is 1. The lowest BCUT2D eigenvalue weighted by atomic mass is 10.4. The maximum absolute atomic E-state index is 11.5.